The van der Waals surface area contributed by atoms with Crippen molar-refractivity contribution in [1.82, 2.24) is 14.8 Å². The van der Waals surface area contributed by atoms with E-state index in [1.807, 2.05) is 0 Å². The highest BCUT2D eigenvalue weighted by molar-refractivity contribution is 7.91. The molecule has 0 aliphatic carbocycles. The van der Waals surface area contributed by atoms with Crippen LogP contribution in [0.2, 0.25) is 0 Å². The van der Waals surface area contributed by atoms with Gasteiger partial charge in [0.15, 0.2) is 9.84 Å². The molecule has 1 aromatic carbocycles. The molecule has 1 amide bonds. The first-order valence-electron chi connectivity index (χ1n) is 8.52. The predicted molar refractivity (Wildman–Crippen MR) is 102 cm³/mol. The number of hydrogen-bond acceptors (Lipinski definition) is 5. The van der Waals surface area contributed by atoms with Crippen LogP contribution in [0.25, 0.3) is 10.9 Å². The van der Waals surface area contributed by atoms with E-state index in [0.717, 1.165) is 0 Å². The summed E-state index contributed by atoms with van der Waals surface area (Å²) in [4.78, 5) is 27.5. The number of aryl methyl sites for hydroxylation is 1. The van der Waals surface area contributed by atoms with Crippen LogP contribution >= 0.6 is 0 Å². The average Bonchev–Trinajstić information content (AvgIpc) is 3.15. The summed E-state index contributed by atoms with van der Waals surface area (Å²) < 4.78 is 25.1. The summed E-state index contributed by atoms with van der Waals surface area (Å²) in [6.07, 6.45) is 0.459. The Kier molecular flexibility index (Phi) is 4.11. The molecule has 2 aromatic heterocycles. The highest BCUT2D eigenvalue weighted by atomic mass is 32.2. The van der Waals surface area contributed by atoms with E-state index < -0.39 is 15.7 Å². The number of fused-ring (bicyclic) bond motifs is 1. The molecule has 3 aromatic rings. The lowest BCUT2D eigenvalue weighted by Gasteiger charge is -2.14. The van der Waals surface area contributed by atoms with Crippen molar-refractivity contribution >= 4 is 32.5 Å². The molecule has 0 spiro atoms. The van der Waals surface area contributed by atoms with Gasteiger partial charge in [-0.25, -0.2) is 13.1 Å². The lowest BCUT2D eigenvalue weighted by atomic mass is 10.1. The van der Waals surface area contributed by atoms with Crippen molar-refractivity contribution < 1.29 is 13.2 Å². The summed E-state index contributed by atoms with van der Waals surface area (Å²) in [6.45, 7) is 1.78. The smallest absolute Gasteiger partial charge is 0.257 e. The number of para-hydroxylation sites is 1. The van der Waals surface area contributed by atoms with Crippen LogP contribution in [0.5, 0.6) is 0 Å². The zero-order chi connectivity index (χ0) is 19.2. The monoisotopic (exact) mass is 386 g/mol. The largest absolute Gasteiger partial charge is 0.322 e. The number of carbonyl (C=O) groups is 1. The number of pyridine rings is 1. The fourth-order valence-electron chi connectivity index (χ4n) is 3.43. The highest BCUT2D eigenvalue weighted by Gasteiger charge is 2.31. The number of anilines is 1. The van der Waals surface area contributed by atoms with E-state index in [1.54, 1.807) is 41.9 Å². The molecule has 27 heavy (non-hydrogen) atoms. The summed E-state index contributed by atoms with van der Waals surface area (Å²) in [6, 6.07) is 9.68. The molecule has 140 valence electrons. The first-order valence-corrected chi connectivity index (χ1v) is 10.3. The Labute approximate surface area is 155 Å². The van der Waals surface area contributed by atoms with Gasteiger partial charge in [-0.1, -0.05) is 18.2 Å². The maximum absolute atomic E-state index is 12.9. The number of aromatic amines is 1. The number of nitrogens with zero attached hydrogens (tertiary/aromatic N) is 2. The maximum Gasteiger partial charge on any atom is 0.257 e. The third-order valence-electron chi connectivity index (χ3n) is 4.65. The third-order valence-corrected chi connectivity index (χ3v) is 6.40. The Morgan fingerprint density at radius 2 is 2.07 bits per heavy atom. The molecular formula is C18H18N4O4S. The molecule has 1 fully saturated rings. The number of carbonyl (C=O) groups excluding carboxylic acids is 1. The van der Waals surface area contributed by atoms with Crippen molar-refractivity contribution in [2.75, 3.05) is 16.8 Å². The van der Waals surface area contributed by atoms with Gasteiger partial charge in [0, 0.05) is 23.0 Å². The van der Waals surface area contributed by atoms with Gasteiger partial charge in [0.1, 0.15) is 5.82 Å². The van der Waals surface area contributed by atoms with Gasteiger partial charge in [-0.2, -0.15) is 5.10 Å². The van der Waals surface area contributed by atoms with Gasteiger partial charge in [0.25, 0.3) is 5.91 Å². The normalized spacial score (nSPS) is 18.6. The fourth-order valence-corrected chi connectivity index (χ4v) is 5.12. The van der Waals surface area contributed by atoms with Crippen molar-refractivity contribution in [2.45, 2.75) is 19.4 Å². The number of sulfone groups is 1. The molecule has 1 saturated heterocycles. The van der Waals surface area contributed by atoms with Gasteiger partial charge in [-0.15, -0.1) is 0 Å². The van der Waals surface area contributed by atoms with Crippen molar-refractivity contribution in [2.24, 2.45) is 0 Å². The van der Waals surface area contributed by atoms with Gasteiger partial charge in [-0.3, -0.25) is 9.59 Å². The lowest BCUT2D eigenvalue weighted by Crippen LogP contribution is -2.21. The topological polar surface area (TPSA) is 114 Å². The molecular weight excluding hydrogens is 368 g/mol. The molecule has 1 aliphatic heterocycles. The Balaban J connectivity index is 1.70. The predicted octanol–water partition coefficient (Wildman–Crippen LogP) is 1.64. The zero-order valence-corrected chi connectivity index (χ0v) is 15.4. The van der Waals surface area contributed by atoms with Crippen LogP contribution in [0.4, 0.5) is 5.82 Å². The molecule has 0 unspecified atom stereocenters. The standard InChI is InChI=1S/C18H18N4O4S/c1-11-8-16(22(21-11)12-6-7-27(25,26)10-12)20-18(24)14-9-17(23)19-15-5-3-2-4-13(14)15/h2-5,8-9,12H,6-7,10H2,1H3,(H,19,23)(H,20,24)/t12-/m0/s1. The number of H-pyrrole nitrogens is 1. The Bertz CT molecular complexity index is 1210. The molecule has 1 atom stereocenters. The van der Waals surface area contributed by atoms with Crippen molar-refractivity contribution in [3.05, 3.63) is 58.0 Å². The molecule has 2 N–H and O–H groups in total. The van der Waals surface area contributed by atoms with Crippen LogP contribution in [-0.4, -0.2) is 40.6 Å². The number of aromatic nitrogens is 3. The van der Waals surface area contributed by atoms with E-state index in [-0.39, 0.29) is 28.7 Å². The minimum atomic E-state index is -3.09. The number of hydrogen-bond donors (Lipinski definition) is 2. The van der Waals surface area contributed by atoms with Gasteiger partial charge < -0.3 is 10.3 Å². The fraction of sp³-hybridized carbons (Fsp3) is 0.278. The van der Waals surface area contributed by atoms with E-state index in [9.17, 15) is 18.0 Å². The third kappa shape index (κ3) is 3.37. The molecule has 0 saturated carbocycles. The molecule has 1 aliphatic rings. The summed E-state index contributed by atoms with van der Waals surface area (Å²) in [5, 5.41) is 7.77. The summed E-state index contributed by atoms with van der Waals surface area (Å²) in [5.74, 6) is 0.0939. The van der Waals surface area contributed by atoms with Gasteiger partial charge in [0.05, 0.1) is 28.8 Å². The first kappa shape index (κ1) is 17.5. The van der Waals surface area contributed by atoms with Gasteiger partial charge >= 0.3 is 0 Å². The molecule has 9 heteroatoms. The van der Waals surface area contributed by atoms with Crippen LogP contribution < -0.4 is 10.9 Å². The van der Waals surface area contributed by atoms with Crippen molar-refractivity contribution in [3.63, 3.8) is 0 Å². The quantitative estimate of drug-likeness (QED) is 0.710. The summed E-state index contributed by atoms with van der Waals surface area (Å²) >= 11 is 0. The highest BCUT2D eigenvalue weighted by Crippen LogP contribution is 2.27. The average molecular weight is 386 g/mol. The van der Waals surface area contributed by atoms with Crippen molar-refractivity contribution in [1.29, 1.82) is 0 Å². The van der Waals surface area contributed by atoms with Gasteiger partial charge in [0.2, 0.25) is 5.56 Å². The van der Waals surface area contributed by atoms with Crippen LogP contribution in [0.15, 0.2) is 41.2 Å². The Morgan fingerprint density at radius 3 is 2.81 bits per heavy atom. The number of amides is 1. The van der Waals surface area contributed by atoms with E-state index >= 15 is 0 Å². The minimum Gasteiger partial charge on any atom is -0.322 e. The van der Waals surface area contributed by atoms with Gasteiger partial charge in [-0.05, 0) is 19.4 Å². The zero-order valence-electron chi connectivity index (χ0n) is 14.6. The molecule has 8 nitrogen and oxygen atoms in total. The second-order valence-electron chi connectivity index (χ2n) is 6.72. The summed E-state index contributed by atoms with van der Waals surface area (Å²) in [7, 11) is -3.09. The van der Waals surface area contributed by atoms with Crippen LogP contribution in [0.1, 0.15) is 28.5 Å². The minimum absolute atomic E-state index is 0.00489. The van der Waals surface area contributed by atoms with Crippen LogP contribution in [0, 0.1) is 6.92 Å². The van der Waals surface area contributed by atoms with E-state index in [2.05, 4.69) is 15.4 Å². The van der Waals surface area contributed by atoms with E-state index in [1.165, 1.54) is 6.07 Å². The molecule has 0 radical (unpaired) electrons. The first-order chi connectivity index (χ1) is 12.8. The number of nitrogens with one attached hydrogen (secondary N) is 2. The second-order valence-corrected chi connectivity index (χ2v) is 8.95. The van der Waals surface area contributed by atoms with Crippen LogP contribution in [0.3, 0.4) is 0 Å². The second kappa shape index (κ2) is 6.34. The van der Waals surface area contributed by atoms with Crippen LogP contribution in [-0.2, 0) is 9.84 Å². The summed E-state index contributed by atoms with van der Waals surface area (Å²) in [5.41, 5.74) is 1.12. The number of benzene rings is 1. The Hall–Kier alpha value is -2.94. The van der Waals surface area contributed by atoms with E-state index in [0.29, 0.717) is 28.8 Å². The molecule has 4 rings (SSSR count). The SMILES string of the molecule is Cc1cc(NC(=O)c2cc(=O)[nH]c3ccccc23)n([C@H]2CCS(=O)(=O)C2)n1. The number of rotatable bonds is 3. The Morgan fingerprint density at radius 1 is 1.30 bits per heavy atom. The van der Waals surface area contributed by atoms with Crippen molar-refractivity contribution in [3.8, 4) is 0 Å². The van der Waals surface area contributed by atoms with E-state index in [4.69, 9.17) is 0 Å². The lowest BCUT2D eigenvalue weighted by molar-refractivity contribution is 0.102. The molecule has 0 bridgehead atoms. The maximum atomic E-state index is 12.9. The molecule has 3 heterocycles.